The van der Waals surface area contributed by atoms with Crippen molar-refractivity contribution in [2.45, 2.75) is 19.9 Å². The third-order valence-electron chi connectivity index (χ3n) is 6.06. The Labute approximate surface area is 226 Å². The predicted octanol–water partition coefficient (Wildman–Crippen LogP) is 3.62. The van der Waals surface area contributed by atoms with Crippen molar-refractivity contribution in [3.63, 3.8) is 0 Å². The molecule has 0 radical (unpaired) electrons. The van der Waals surface area contributed by atoms with E-state index >= 15 is 0 Å². The number of furan rings is 1. The molecule has 0 amide bonds. The van der Waals surface area contributed by atoms with Gasteiger partial charge in [-0.1, -0.05) is 35.6 Å². The summed E-state index contributed by atoms with van der Waals surface area (Å²) >= 11 is 1.23. The summed E-state index contributed by atoms with van der Waals surface area (Å²) in [6.07, 6.45) is 3.13. The highest BCUT2D eigenvalue weighted by Gasteiger charge is 2.33. The molecule has 0 aliphatic carbocycles. The van der Waals surface area contributed by atoms with Crippen LogP contribution in [0, 0.1) is 0 Å². The number of fused-ring (bicyclic) bond motifs is 1. The molecule has 0 fully saturated rings. The Morgan fingerprint density at radius 2 is 1.77 bits per heavy atom. The summed E-state index contributed by atoms with van der Waals surface area (Å²) in [6.45, 7) is 3.67. The van der Waals surface area contributed by atoms with Crippen LogP contribution in [0.4, 0.5) is 0 Å². The van der Waals surface area contributed by atoms with E-state index in [0.717, 1.165) is 11.1 Å². The zero-order valence-corrected chi connectivity index (χ0v) is 22.2. The van der Waals surface area contributed by atoms with Gasteiger partial charge < -0.3 is 18.6 Å². The summed E-state index contributed by atoms with van der Waals surface area (Å²) in [7, 11) is 1.57. The first-order valence-corrected chi connectivity index (χ1v) is 12.9. The number of esters is 2. The molecule has 1 unspecified atom stereocenters. The Bertz CT molecular complexity index is 1730. The maximum atomic E-state index is 13.7. The van der Waals surface area contributed by atoms with Crippen LogP contribution in [-0.4, -0.2) is 30.2 Å². The second-order valence-corrected chi connectivity index (χ2v) is 9.52. The van der Waals surface area contributed by atoms with Crippen molar-refractivity contribution in [1.29, 1.82) is 0 Å². The molecule has 198 valence electrons. The molecular weight excluding hydrogens is 520 g/mol. The maximum absolute atomic E-state index is 13.7. The Hall–Kier alpha value is -4.70. The molecule has 1 aliphatic heterocycles. The second-order valence-electron chi connectivity index (χ2n) is 8.51. The normalized spacial score (nSPS) is 14.9. The number of ether oxygens (including phenoxy) is 3. The molecule has 10 heteroatoms. The first-order chi connectivity index (χ1) is 18.9. The highest BCUT2D eigenvalue weighted by Crippen LogP contribution is 2.31. The third-order valence-corrected chi connectivity index (χ3v) is 7.04. The SMILES string of the molecule is CCOC(=O)C1=C(C)N=c2sc(=Cc3ccc(OC(=O)c4ccco4)cc3)c(=O)n2C1c1ccc(OC)cc1. The van der Waals surface area contributed by atoms with Gasteiger partial charge in [-0.3, -0.25) is 9.36 Å². The largest absolute Gasteiger partial charge is 0.497 e. The molecule has 5 rings (SSSR count). The van der Waals surface area contributed by atoms with Crippen LogP contribution < -0.4 is 24.4 Å². The Balaban J connectivity index is 1.53. The number of aromatic nitrogens is 1. The smallest absolute Gasteiger partial charge is 0.379 e. The zero-order chi connectivity index (χ0) is 27.5. The molecular formula is C29H24N2O7S. The van der Waals surface area contributed by atoms with Crippen molar-refractivity contribution in [2.24, 2.45) is 4.99 Å². The molecule has 1 atom stereocenters. The molecule has 1 aliphatic rings. The molecule has 0 bridgehead atoms. The molecule has 4 aromatic rings. The van der Waals surface area contributed by atoms with E-state index in [2.05, 4.69) is 4.99 Å². The lowest BCUT2D eigenvalue weighted by Crippen LogP contribution is -2.39. The summed E-state index contributed by atoms with van der Waals surface area (Å²) < 4.78 is 22.9. The third kappa shape index (κ3) is 5.19. The lowest BCUT2D eigenvalue weighted by atomic mass is 9.96. The van der Waals surface area contributed by atoms with E-state index in [4.69, 9.17) is 18.6 Å². The van der Waals surface area contributed by atoms with Crippen molar-refractivity contribution in [3.8, 4) is 11.5 Å². The van der Waals surface area contributed by atoms with E-state index < -0.39 is 18.0 Å². The van der Waals surface area contributed by atoms with Crippen LogP contribution in [-0.2, 0) is 9.53 Å². The van der Waals surface area contributed by atoms with E-state index in [1.807, 2.05) is 12.1 Å². The first-order valence-electron chi connectivity index (χ1n) is 12.1. The van der Waals surface area contributed by atoms with Crippen LogP contribution in [0.3, 0.4) is 0 Å². The second kappa shape index (κ2) is 11.0. The van der Waals surface area contributed by atoms with Crippen molar-refractivity contribution in [2.75, 3.05) is 13.7 Å². The number of methoxy groups -OCH3 is 1. The Morgan fingerprint density at radius 1 is 1.05 bits per heavy atom. The zero-order valence-electron chi connectivity index (χ0n) is 21.4. The highest BCUT2D eigenvalue weighted by molar-refractivity contribution is 7.07. The van der Waals surface area contributed by atoms with E-state index in [0.29, 0.717) is 32.1 Å². The number of carbonyl (C=O) groups excluding carboxylic acids is 2. The van der Waals surface area contributed by atoms with Crippen LogP contribution in [0.2, 0.25) is 0 Å². The number of benzene rings is 2. The lowest BCUT2D eigenvalue weighted by molar-refractivity contribution is -0.139. The fourth-order valence-electron chi connectivity index (χ4n) is 4.23. The Kier molecular flexibility index (Phi) is 7.29. The summed E-state index contributed by atoms with van der Waals surface area (Å²) in [5, 5.41) is 0. The standard InChI is InChI=1S/C29H24N2O7S/c1-4-36-28(34)24-17(2)30-29-31(25(24)19-9-13-20(35-3)14-10-19)26(32)23(39-29)16-18-7-11-21(12-8-18)38-27(33)22-6-5-15-37-22/h5-16,25H,4H2,1-3H3. The van der Waals surface area contributed by atoms with E-state index in [1.54, 1.807) is 69.5 Å². The number of hydrogen-bond donors (Lipinski definition) is 0. The number of thiazole rings is 1. The minimum Gasteiger partial charge on any atom is -0.497 e. The van der Waals surface area contributed by atoms with Gasteiger partial charge in [-0.25, -0.2) is 14.6 Å². The van der Waals surface area contributed by atoms with Gasteiger partial charge in [-0.2, -0.15) is 0 Å². The van der Waals surface area contributed by atoms with Crippen molar-refractivity contribution in [1.82, 2.24) is 4.57 Å². The molecule has 0 saturated carbocycles. The van der Waals surface area contributed by atoms with Crippen LogP contribution in [0.15, 0.2) is 92.4 Å². The predicted molar refractivity (Wildman–Crippen MR) is 144 cm³/mol. The van der Waals surface area contributed by atoms with Crippen LogP contribution in [0.5, 0.6) is 11.5 Å². The van der Waals surface area contributed by atoms with E-state index in [1.165, 1.54) is 28.2 Å². The van der Waals surface area contributed by atoms with Gasteiger partial charge in [0.2, 0.25) is 5.76 Å². The average molecular weight is 545 g/mol. The summed E-state index contributed by atoms with van der Waals surface area (Å²) in [6, 6.07) is 16.3. The Morgan fingerprint density at radius 3 is 2.41 bits per heavy atom. The molecule has 0 N–H and O–H groups in total. The molecule has 9 nitrogen and oxygen atoms in total. The number of carbonyl (C=O) groups is 2. The van der Waals surface area contributed by atoms with E-state index in [9.17, 15) is 14.4 Å². The first kappa shape index (κ1) is 25.9. The molecule has 0 spiro atoms. The van der Waals surface area contributed by atoms with Gasteiger partial charge in [0.25, 0.3) is 5.56 Å². The van der Waals surface area contributed by atoms with Gasteiger partial charge in [0.05, 0.1) is 41.8 Å². The molecule has 3 heterocycles. The lowest BCUT2D eigenvalue weighted by Gasteiger charge is -2.24. The van der Waals surface area contributed by atoms with Crippen LogP contribution in [0.25, 0.3) is 6.08 Å². The van der Waals surface area contributed by atoms with Crippen LogP contribution >= 0.6 is 11.3 Å². The van der Waals surface area contributed by atoms with Gasteiger partial charge in [-0.15, -0.1) is 0 Å². The van der Waals surface area contributed by atoms with Crippen molar-refractivity contribution in [3.05, 3.63) is 115 Å². The molecule has 39 heavy (non-hydrogen) atoms. The number of rotatable bonds is 7. The van der Waals surface area contributed by atoms with Crippen LogP contribution in [0.1, 0.15) is 41.6 Å². The van der Waals surface area contributed by atoms with Gasteiger partial charge in [0.15, 0.2) is 4.80 Å². The average Bonchev–Trinajstić information content (AvgIpc) is 3.58. The maximum Gasteiger partial charge on any atom is 0.379 e. The van der Waals surface area contributed by atoms with Gasteiger partial charge >= 0.3 is 11.9 Å². The topological polar surface area (TPSA) is 109 Å². The number of nitrogens with zero attached hydrogens (tertiary/aromatic N) is 2. The summed E-state index contributed by atoms with van der Waals surface area (Å²) in [5.74, 6) is -0.0305. The highest BCUT2D eigenvalue weighted by atomic mass is 32.1. The molecule has 0 saturated heterocycles. The van der Waals surface area contributed by atoms with Gasteiger partial charge in [0, 0.05) is 0 Å². The molecule has 2 aromatic heterocycles. The van der Waals surface area contributed by atoms with E-state index in [-0.39, 0.29) is 17.9 Å². The molecule has 2 aromatic carbocycles. The number of hydrogen-bond acceptors (Lipinski definition) is 9. The fraction of sp³-hybridized carbons (Fsp3) is 0.172. The minimum absolute atomic E-state index is 0.101. The van der Waals surface area contributed by atoms with Gasteiger partial charge in [-0.05, 0) is 67.4 Å². The van der Waals surface area contributed by atoms with Gasteiger partial charge in [0.1, 0.15) is 11.5 Å². The van der Waals surface area contributed by atoms with Crippen molar-refractivity contribution >= 4 is 29.4 Å². The quantitative estimate of drug-likeness (QED) is 0.258. The fourth-order valence-corrected chi connectivity index (χ4v) is 5.28. The minimum atomic E-state index is -0.711. The van der Waals surface area contributed by atoms with Crippen molar-refractivity contribution < 1.29 is 28.2 Å². The summed E-state index contributed by atoms with van der Waals surface area (Å²) in [4.78, 5) is 43.9. The number of allylic oxidation sites excluding steroid dienone is 1. The monoisotopic (exact) mass is 544 g/mol. The summed E-state index contributed by atoms with van der Waals surface area (Å²) in [5.41, 5.74) is 1.96.